The Kier molecular flexibility index (Phi) is 8.22. The van der Waals surface area contributed by atoms with E-state index in [1.807, 2.05) is 26.0 Å². The second kappa shape index (κ2) is 11.3. The molecule has 2 aromatic rings. The van der Waals surface area contributed by atoms with E-state index in [4.69, 9.17) is 34.4 Å². The number of aliphatic imine (C=N–C) groups is 2. The maximum absolute atomic E-state index is 12.9. The van der Waals surface area contributed by atoms with Crippen molar-refractivity contribution in [1.29, 1.82) is 0 Å². The van der Waals surface area contributed by atoms with Crippen LogP contribution in [0, 0.1) is 9.54 Å². The van der Waals surface area contributed by atoms with Gasteiger partial charge in [0.1, 0.15) is 11.1 Å². The molecule has 0 saturated carbocycles. The molecule has 0 atom stereocenters. The molecular weight excluding hydrogens is 548 g/mol. The van der Waals surface area contributed by atoms with Gasteiger partial charge in [-0.1, -0.05) is 26.7 Å². The molecule has 10 nitrogen and oxygen atoms in total. The molecule has 2 aromatic heterocycles. The highest BCUT2D eigenvalue weighted by atomic mass is 32.1. The number of allylic oxidation sites excluding steroid dienone is 4. The lowest BCUT2D eigenvalue weighted by molar-refractivity contribution is 0.414. The molecule has 0 unspecified atom stereocenters. The van der Waals surface area contributed by atoms with Crippen molar-refractivity contribution >= 4 is 48.0 Å². The SMILES string of the molecule is CCCC1=CC(C2=N/C(=C\c3c(O)n(C)c(=S)n(C)c3=O)C(CCC)=C2)=N/C1=C\c1c(O)n(C)c(=S)n(C)c1=O. The zero-order chi connectivity index (χ0) is 29.5. The summed E-state index contributed by atoms with van der Waals surface area (Å²) in [4.78, 5) is 35.4. The van der Waals surface area contributed by atoms with Crippen LogP contribution in [0.4, 0.5) is 0 Å². The summed E-state index contributed by atoms with van der Waals surface area (Å²) in [5.74, 6) is -0.457. The van der Waals surface area contributed by atoms with E-state index in [1.165, 1.54) is 18.3 Å². The number of aromatic hydroxyl groups is 2. The summed E-state index contributed by atoms with van der Waals surface area (Å²) in [7, 11) is 6.32. The predicted octanol–water partition coefficient (Wildman–Crippen LogP) is 4.38. The van der Waals surface area contributed by atoms with Gasteiger partial charge in [-0.3, -0.25) is 27.9 Å². The van der Waals surface area contributed by atoms with E-state index in [-0.39, 0.29) is 32.4 Å². The summed E-state index contributed by atoms with van der Waals surface area (Å²) in [6, 6.07) is 0. The van der Waals surface area contributed by atoms with Crippen LogP contribution >= 0.6 is 24.4 Å². The molecule has 2 N–H and O–H groups in total. The van der Waals surface area contributed by atoms with Crippen molar-refractivity contribution in [3.63, 3.8) is 0 Å². The molecule has 0 aliphatic carbocycles. The van der Waals surface area contributed by atoms with Crippen LogP contribution in [0.5, 0.6) is 11.8 Å². The Morgan fingerprint density at radius 1 is 0.700 bits per heavy atom. The Morgan fingerprint density at radius 2 is 1.05 bits per heavy atom. The molecule has 210 valence electrons. The van der Waals surface area contributed by atoms with Crippen LogP contribution in [-0.2, 0) is 28.2 Å². The van der Waals surface area contributed by atoms with E-state index in [9.17, 15) is 19.8 Å². The van der Waals surface area contributed by atoms with Crippen molar-refractivity contribution in [2.45, 2.75) is 39.5 Å². The normalized spacial score (nSPS) is 16.9. The molecule has 0 saturated heterocycles. The molecule has 0 bridgehead atoms. The average Bonchev–Trinajstić information content (AvgIpc) is 3.53. The lowest BCUT2D eigenvalue weighted by atomic mass is 10.0. The molecule has 0 radical (unpaired) electrons. The summed E-state index contributed by atoms with van der Waals surface area (Å²) in [6.07, 6.45) is 10.2. The number of hydrogen-bond acceptors (Lipinski definition) is 8. The fourth-order valence-corrected chi connectivity index (χ4v) is 4.98. The lowest BCUT2D eigenvalue weighted by Gasteiger charge is -2.10. The van der Waals surface area contributed by atoms with Crippen molar-refractivity contribution in [3.05, 3.63) is 76.1 Å². The second-order valence-corrected chi connectivity index (χ2v) is 10.5. The molecule has 12 heteroatoms. The third-order valence-corrected chi connectivity index (χ3v) is 8.06. The molecule has 40 heavy (non-hydrogen) atoms. The van der Waals surface area contributed by atoms with E-state index in [1.54, 1.807) is 40.3 Å². The number of hydrogen-bond donors (Lipinski definition) is 2. The molecule has 4 rings (SSSR count). The van der Waals surface area contributed by atoms with E-state index in [2.05, 4.69) is 0 Å². The average molecular weight is 581 g/mol. The standard InChI is InChI=1S/C28H32N6O4S2/c1-7-9-15-11-21(29-19(15)13-17-23(35)31(3)27(39)32(4)24(17)36)22-12-16(10-8-2)20(30-22)14-18-25(37)33(5)28(40)34(6)26(18)38/h11-14,35,37H,7-10H2,1-6H3/b19-13-,20-14-. The van der Waals surface area contributed by atoms with Crippen LogP contribution in [-0.4, -0.2) is 39.9 Å². The van der Waals surface area contributed by atoms with Gasteiger partial charge in [0.25, 0.3) is 11.1 Å². The molecule has 0 aromatic carbocycles. The van der Waals surface area contributed by atoms with Crippen LogP contribution in [0.1, 0.15) is 50.7 Å². The van der Waals surface area contributed by atoms with Gasteiger partial charge in [-0.05, 0) is 72.7 Å². The molecule has 2 aliphatic heterocycles. The largest absolute Gasteiger partial charge is 0.494 e. The van der Waals surface area contributed by atoms with E-state index < -0.39 is 11.1 Å². The number of nitrogens with zero attached hydrogens (tertiary/aromatic N) is 6. The molecule has 0 amide bonds. The van der Waals surface area contributed by atoms with Gasteiger partial charge in [0, 0.05) is 28.2 Å². The Hall–Kier alpha value is -3.90. The van der Waals surface area contributed by atoms with E-state index in [0.717, 1.165) is 24.0 Å². The van der Waals surface area contributed by atoms with E-state index >= 15 is 0 Å². The summed E-state index contributed by atoms with van der Waals surface area (Å²) in [5, 5.41) is 21.4. The molecule has 4 heterocycles. The van der Waals surface area contributed by atoms with Crippen molar-refractivity contribution in [2.75, 3.05) is 0 Å². The van der Waals surface area contributed by atoms with Gasteiger partial charge in [-0.15, -0.1) is 0 Å². The van der Waals surface area contributed by atoms with E-state index in [0.29, 0.717) is 35.7 Å². The maximum atomic E-state index is 12.9. The second-order valence-electron chi connectivity index (χ2n) is 9.78. The van der Waals surface area contributed by atoms with Crippen molar-refractivity contribution in [3.8, 4) is 11.8 Å². The number of aromatic nitrogens is 4. The highest BCUT2D eigenvalue weighted by Crippen LogP contribution is 2.32. The van der Waals surface area contributed by atoms with Gasteiger partial charge >= 0.3 is 0 Å². The Morgan fingerprint density at radius 3 is 1.38 bits per heavy atom. The maximum Gasteiger partial charge on any atom is 0.265 e. The van der Waals surface area contributed by atoms with Crippen LogP contribution in [0.25, 0.3) is 12.2 Å². The van der Waals surface area contributed by atoms with Crippen LogP contribution in [0.2, 0.25) is 0 Å². The first kappa shape index (κ1) is 29.1. The zero-order valence-electron chi connectivity index (χ0n) is 23.3. The quantitative estimate of drug-likeness (QED) is 0.470. The van der Waals surface area contributed by atoms with Gasteiger partial charge in [0.2, 0.25) is 11.8 Å². The minimum atomic E-state index is -0.416. The Labute approximate surface area is 241 Å². The molecule has 0 spiro atoms. The van der Waals surface area contributed by atoms with Crippen molar-refractivity contribution < 1.29 is 10.2 Å². The third kappa shape index (κ3) is 5.04. The molecule has 0 fully saturated rings. The molecular formula is C28H32N6O4S2. The topological polar surface area (TPSA) is 119 Å². The first-order valence-corrected chi connectivity index (χ1v) is 13.7. The van der Waals surface area contributed by atoms with Crippen molar-refractivity contribution in [1.82, 2.24) is 18.3 Å². The predicted molar refractivity (Wildman–Crippen MR) is 163 cm³/mol. The third-order valence-electron chi connectivity index (χ3n) is 6.96. The summed E-state index contributed by atoms with van der Waals surface area (Å²) in [6.45, 7) is 4.10. The summed E-state index contributed by atoms with van der Waals surface area (Å²) in [5.41, 5.74) is 3.53. The van der Waals surface area contributed by atoms with Crippen molar-refractivity contribution in [2.24, 2.45) is 38.2 Å². The Bertz CT molecular complexity index is 1720. The highest BCUT2D eigenvalue weighted by Gasteiger charge is 2.24. The monoisotopic (exact) mass is 580 g/mol. The zero-order valence-corrected chi connectivity index (χ0v) is 25.0. The molecule has 2 aliphatic rings. The van der Waals surface area contributed by atoms with Gasteiger partial charge in [-0.2, -0.15) is 0 Å². The van der Waals surface area contributed by atoms with Gasteiger partial charge < -0.3 is 10.2 Å². The van der Waals surface area contributed by atoms with Gasteiger partial charge in [0.05, 0.1) is 22.8 Å². The fourth-order valence-electron chi connectivity index (χ4n) is 4.64. The van der Waals surface area contributed by atoms with Crippen LogP contribution < -0.4 is 11.1 Å². The summed E-state index contributed by atoms with van der Waals surface area (Å²) < 4.78 is 5.77. The Balaban J connectivity index is 1.86. The van der Waals surface area contributed by atoms with Gasteiger partial charge in [-0.25, -0.2) is 9.98 Å². The summed E-state index contributed by atoms with van der Waals surface area (Å²) >= 11 is 10.5. The van der Waals surface area contributed by atoms with Gasteiger partial charge in [0.15, 0.2) is 9.54 Å². The first-order chi connectivity index (χ1) is 18.9. The highest BCUT2D eigenvalue weighted by molar-refractivity contribution is 7.71. The lowest BCUT2D eigenvalue weighted by Crippen LogP contribution is -2.24. The van der Waals surface area contributed by atoms with Crippen LogP contribution in [0.3, 0.4) is 0 Å². The minimum absolute atomic E-state index is 0.0983. The van der Waals surface area contributed by atoms with Crippen LogP contribution in [0.15, 0.2) is 54.3 Å². The fraction of sp³-hybridized carbons (Fsp3) is 0.357. The smallest absolute Gasteiger partial charge is 0.265 e. The number of rotatable bonds is 7. The first-order valence-electron chi connectivity index (χ1n) is 12.9. The minimum Gasteiger partial charge on any atom is -0.494 e.